The highest BCUT2D eigenvalue weighted by atomic mass is 19.1. The van der Waals surface area contributed by atoms with Crippen LogP contribution in [-0.4, -0.2) is 42.5 Å². The number of nitrogens with zero attached hydrogens (tertiary/aromatic N) is 6. The smallest absolute Gasteiger partial charge is 0.313 e. The van der Waals surface area contributed by atoms with Gasteiger partial charge in [-0.15, -0.1) is 10.2 Å². The van der Waals surface area contributed by atoms with Crippen molar-refractivity contribution in [1.82, 2.24) is 29.9 Å². The first-order chi connectivity index (χ1) is 12.7. The minimum Gasteiger partial charge on any atom is -0.466 e. The largest absolute Gasteiger partial charge is 0.466 e. The Morgan fingerprint density at radius 3 is 2.81 bits per heavy atom. The number of halogens is 1. The molecule has 0 amide bonds. The van der Waals surface area contributed by atoms with Crippen LogP contribution in [-0.2, 0) is 16.0 Å². The summed E-state index contributed by atoms with van der Waals surface area (Å²) in [5.41, 5.74) is 1.38. The van der Waals surface area contributed by atoms with Crippen molar-refractivity contribution in [3.63, 3.8) is 0 Å². The zero-order valence-electron chi connectivity index (χ0n) is 13.5. The van der Waals surface area contributed by atoms with E-state index in [1.807, 2.05) is 0 Å². The number of aromatic nitrogens is 6. The quantitative estimate of drug-likeness (QED) is 0.531. The summed E-state index contributed by atoms with van der Waals surface area (Å²) in [4.78, 5) is 16.1. The molecule has 1 aromatic carbocycles. The molecule has 11 heteroatoms. The van der Waals surface area contributed by atoms with E-state index in [0.717, 1.165) is 0 Å². The topological polar surface area (TPSA) is 120 Å². The van der Waals surface area contributed by atoms with E-state index in [4.69, 9.17) is 9.37 Å². The fraction of sp³-hybridized carbons (Fsp3) is 0.200. The van der Waals surface area contributed by atoms with Crippen LogP contribution in [0, 0.1) is 5.82 Å². The SMILES string of the molecule is CCOC(=O)Cc1nnc2c(Nc3ccc(F)cc3)nc3nonc3n12. The monoisotopic (exact) mass is 357 g/mol. The van der Waals surface area contributed by atoms with Crippen LogP contribution in [0.4, 0.5) is 15.9 Å². The summed E-state index contributed by atoms with van der Waals surface area (Å²) in [5.74, 6) is -0.189. The van der Waals surface area contributed by atoms with Gasteiger partial charge in [0, 0.05) is 5.69 Å². The van der Waals surface area contributed by atoms with Crippen molar-refractivity contribution in [2.24, 2.45) is 0 Å². The lowest BCUT2D eigenvalue weighted by molar-refractivity contribution is -0.142. The third-order valence-electron chi connectivity index (χ3n) is 3.54. The van der Waals surface area contributed by atoms with Gasteiger partial charge in [-0.05, 0) is 41.5 Å². The Bertz CT molecular complexity index is 1090. The van der Waals surface area contributed by atoms with Gasteiger partial charge in [0.15, 0.2) is 11.6 Å². The van der Waals surface area contributed by atoms with Gasteiger partial charge in [-0.25, -0.2) is 14.0 Å². The van der Waals surface area contributed by atoms with Crippen molar-refractivity contribution in [3.8, 4) is 0 Å². The number of esters is 1. The maximum Gasteiger partial charge on any atom is 0.313 e. The Morgan fingerprint density at radius 1 is 1.23 bits per heavy atom. The number of fused-ring (bicyclic) bond motifs is 3. The van der Waals surface area contributed by atoms with Crippen LogP contribution in [0.5, 0.6) is 0 Å². The Labute approximate surface area is 145 Å². The standard InChI is InChI=1S/C15H12FN7O3/c1-2-25-11(24)7-10-19-20-14-12(17-9-5-3-8(16)4-6-9)18-13-15(23(10)14)22-26-21-13/h3-6H,2,7H2,1H3,(H,17,18,21). The third-order valence-corrected chi connectivity index (χ3v) is 3.54. The molecule has 0 fully saturated rings. The minimum absolute atomic E-state index is 0.100. The summed E-state index contributed by atoms with van der Waals surface area (Å²) in [5, 5.41) is 18.6. The summed E-state index contributed by atoms with van der Waals surface area (Å²) in [6.07, 6.45) is -0.100. The molecule has 0 unspecified atom stereocenters. The molecule has 0 aliphatic heterocycles. The highest BCUT2D eigenvalue weighted by Crippen LogP contribution is 2.23. The van der Waals surface area contributed by atoms with Crippen LogP contribution in [0.25, 0.3) is 16.9 Å². The molecular formula is C15H12FN7O3. The molecule has 0 aliphatic carbocycles. The van der Waals surface area contributed by atoms with Crippen molar-refractivity contribution < 1.29 is 18.6 Å². The lowest BCUT2D eigenvalue weighted by Crippen LogP contribution is -2.11. The second-order valence-electron chi connectivity index (χ2n) is 5.26. The van der Waals surface area contributed by atoms with Gasteiger partial charge in [0.1, 0.15) is 12.2 Å². The maximum absolute atomic E-state index is 13.1. The van der Waals surface area contributed by atoms with Crippen LogP contribution in [0.2, 0.25) is 0 Å². The number of anilines is 2. The van der Waals surface area contributed by atoms with Crippen molar-refractivity contribution in [2.45, 2.75) is 13.3 Å². The molecule has 0 saturated carbocycles. The van der Waals surface area contributed by atoms with E-state index < -0.39 is 5.97 Å². The van der Waals surface area contributed by atoms with E-state index in [0.29, 0.717) is 23.0 Å². The van der Waals surface area contributed by atoms with E-state index in [-0.39, 0.29) is 30.1 Å². The number of carbonyl (C=O) groups excluding carboxylic acids is 1. The number of benzene rings is 1. The normalized spacial score (nSPS) is 11.2. The molecule has 26 heavy (non-hydrogen) atoms. The first-order valence-electron chi connectivity index (χ1n) is 7.70. The second kappa shape index (κ2) is 6.35. The van der Waals surface area contributed by atoms with Gasteiger partial charge in [0.25, 0.3) is 0 Å². The highest BCUT2D eigenvalue weighted by molar-refractivity contribution is 5.80. The van der Waals surface area contributed by atoms with Crippen molar-refractivity contribution in [1.29, 1.82) is 0 Å². The molecule has 1 N–H and O–H groups in total. The predicted molar refractivity (Wildman–Crippen MR) is 86.2 cm³/mol. The van der Waals surface area contributed by atoms with Crippen LogP contribution in [0.1, 0.15) is 12.7 Å². The van der Waals surface area contributed by atoms with E-state index in [1.165, 1.54) is 16.5 Å². The van der Waals surface area contributed by atoms with E-state index in [9.17, 15) is 9.18 Å². The molecular weight excluding hydrogens is 345 g/mol. The fourth-order valence-electron chi connectivity index (χ4n) is 2.45. The predicted octanol–water partition coefficient (Wildman–Crippen LogP) is 1.65. The van der Waals surface area contributed by atoms with Gasteiger partial charge in [-0.3, -0.25) is 9.20 Å². The molecule has 4 rings (SSSR count). The molecule has 0 spiro atoms. The first kappa shape index (κ1) is 15.9. The minimum atomic E-state index is -0.448. The van der Waals surface area contributed by atoms with Crippen LogP contribution >= 0.6 is 0 Å². The van der Waals surface area contributed by atoms with Gasteiger partial charge in [-0.2, -0.15) is 0 Å². The molecule has 3 aromatic heterocycles. The number of carbonyl (C=O) groups is 1. The van der Waals surface area contributed by atoms with E-state index in [1.54, 1.807) is 19.1 Å². The molecule has 0 aliphatic rings. The van der Waals surface area contributed by atoms with Gasteiger partial charge in [-0.1, -0.05) is 0 Å². The summed E-state index contributed by atoms with van der Waals surface area (Å²) >= 11 is 0. The van der Waals surface area contributed by atoms with Crippen LogP contribution in [0.3, 0.4) is 0 Å². The molecule has 4 aromatic rings. The van der Waals surface area contributed by atoms with E-state index in [2.05, 4.69) is 30.8 Å². The molecule has 0 atom stereocenters. The Kier molecular flexibility index (Phi) is 3.88. The van der Waals surface area contributed by atoms with Crippen molar-refractivity contribution >= 4 is 34.4 Å². The third kappa shape index (κ3) is 2.79. The average molecular weight is 357 g/mol. The van der Waals surface area contributed by atoms with Gasteiger partial charge < -0.3 is 10.1 Å². The maximum atomic E-state index is 13.1. The van der Waals surface area contributed by atoms with Gasteiger partial charge in [0.2, 0.25) is 16.9 Å². The zero-order chi connectivity index (χ0) is 18.1. The molecule has 0 saturated heterocycles. The summed E-state index contributed by atoms with van der Waals surface area (Å²) < 4.78 is 24.3. The lowest BCUT2D eigenvalue weighted by atomic mass is 10.3. The molecule has 10 nitrogen and oxygen atoms in total. The molecule has 3 heterocycles. The Hall–Kier alpha value is -3.63. The molecule has 0 radical (unpaired) electrons. The number of rotatable bonds is 5. The number of ether oxygens (including phenoxy) is 1. The van der Waals surface area contributed by atoms with Crippen molar-refractivity contribution in [2.75, 3.05) is 11.9 Å². The zero-order valence-corrected chi connectivity index (χ0v) is 13.5. The van der Waals surface area contributed by atoms with Crippen LogP contribution in [0.15, 0.2) is 28.9 Å². The molecule has 0 bridgehead atoms. The number of nitrogens with one attached hydrogen (secondary N) is 1. The van der Waals surface area contributed by atoms with Gasteiger partial charge >= 0.3 is 5.97 Å². The summed E-state index contributed by atoms with van der Waals surface area (Å²) in [6.45, 7) is 1.98. The van der Waals surface area contributed by atoms with Crippen LogP contribution < -0.4 is 5.32 Å². The Balaban J connectivity index is 1.81. The summed E-state index contributed by atoms with van der Waals surface area (Å²) in [6, 6.07) is 5.72. The second-order valence-corrected chi connectivity index (χ2v) is 5.26. The fourth-order valence-corrected chi connectivity index (χ4v) is 2.45. The lowest BCUT2D eigenvalue weighted by Gasteiger charge is -2.07. The number of hydrogen-bond donors (Lipinski definition) is 1. The van der Waals surface area contributed by atoms with E-state index >= 15 is 0 Å². The first-order valence-corrected chi connectivity index (χ1v) is 7.70. The number of hydrogen-bond acceptors (Lipinski definition) is 9. The Morgan fingerprint density at radius 2 is 2.04 bits per heavy atom. The van der Waals surface area contributed by atoms with Gasteiger partial charge in [0.05, 0.1) is 6.61 Å². The summed E-state index contributed by atoms with van der Waals surface area (Å²) in [7, 11) is 0. The highest BCUT2D eigenvalue weighted by Gasteiger charge is 2.20. The molecule has 132 valence electrons. The average Bonchev–Trinajstić information content (AvgIpc) is 3.24. The van der Waals surface area contributed by atoms with Crippen molar-refractivity contribution in [3.05, 3.63) is 35.9 Å².